The smallest absolute Gasteiger partial charge is 0.240 e. The molecule has 7 heteroatoms. The molecule has 0 spiro atoms. The summed E-state index contributed by atoms with van der Waals surface area (Å²) in [6.07, 6.45) is 2.76. The molecule has 0 heterocycles. The predicted molar refractivity (Wildman–Crippen MR) is 81.1 cm³/mol. The van der Waals surface area contributed by atoms with Gasteiger partial charge in [0.1, 0.15) is 12.4 Å². The Hall–Kier alpha value is -1.63. The number of nitrogens with zero attached hydrogens (tertiary/aromatic N) is 1. The highest BCUT2D eigenvalue weighted by atomic mass is 32.2. The number of carbonyl (C=O) groups is 1. The highest BCUT2D eigenvalue weighted by Gasteiger charge is 2.21. The number of rotatable bonds is 7. The van der Waals surface area contributed by atoms with Gasteiger partial charge in [-0.3, -0.25) is 9.10 Å². The topological polar surface area (TPSA) is 66.5 Å². The molecule has 0 saturated carbocycles. The van der Waals surface area contributed by atoms with Gasteiger partial charge in [0.15, 0.2) is 0 Å². The van der Waals surface area contributed by atoms with E-state index < -0.39 is 15.8 Å². The summed E-state index contributed by atoms with van der Waals surface area (Å²) in [5, 5.41) is 2.75. The summed E-state index contributed by atoms with van der Waals surface area (Å²) < 4.78 is 37.5. The fraction of sp³-hybridized carbons (Fsp3) is 0.500. The first-order valence-electron chi connectivity index (χ1n) is 6.76. The minimum absolute atomic E-state index is 0.0165. The van der Waals surface area contributed by atoms with E-state index in [-0.39, 0.29) is 24.2 Å². The minimum Gasteiger partial charge on any atom is -0.352 e. The first kappa shape index (κ1) is 17.4. The molecular formula is C14H21FN2O3S. The molecular weight excluding hydrogens is 295 g/mol. The molecule has 1 amide bonds. The average Bonchev–Trinajstić information content (AvgIpc) is 2.36. The lowest BCUT2D eigenvalue weighted by molar-refractivity contribution is -0.120. The van der Waals surface area contributed by atoms with E-state index in [2.05, 4.69) is 5.32 Å². The Kier molecular flexibility index (Phi) is 6.14. The van der Waals surface area contributed by atoms with Crippen LogP contribution in [0.5, 0.6) is 0 Å². The first-order chi connectivity index (χ1) is 9.74. The zero-order valence-corrected chi connectivity index (χ0v) is 13.3. The molecule has 0 bridgehead atoms. The van der Waals surface area contributed by atoms with Crippen molar-refractivity contribution >= 4 is 21.6 Å². The zero-order valence-electron chi connectivity index (χ0n) is 12.5. The van der Waals surface area contributed by atoms with Crippen LogP contribution in [-0.4, -0.2) is 33.2 Å². The highest BCUT2D eigenvalue weighted by Crippen LogP contribution is 2.17. The molecule has 118 valence electrons. The first-order valence-corrected chi connectivity index (χ1v) is 8.61. The van der Waals surface area contributed by atoms with Gasteiger partial charge in [-0.1, -0.05) is 13.3 Å². The third-order valence-corrected chi connectivity index (χ3v) is 4.07. The molecule has 21 heavy (non-hydrogen) atoms. The Morgan fingerprint density at radius 3 is 2.38 bits per heavy atom. The van der Waals surface area contributed by atoms with E-state index in [1.54, 1.807) is 0 Å². The molecule has 0 aromatic heterocycles. The SMILES string of the molecule is CCC[C@@H](C)NC(=O)CN(c1ccc(F)cc1)S(C)(=O)=O. The third-order valence-electron chi connectivity index (χ3n) is 2.93. The monoisotopic (exact) mass is 316 g/mol. The van der Waals surface area contributed by atoms with E-state index >= 15 is 0 Å². The third kappa shape index (κ3) is 5.71. The zero-order chi connectivity index (χ0) is 16.0. The van der Waals surface area contributed by atoms with Crippen molar-refractivity contribution in [2.75, 3.05) is 17.1 Å². The summed E-state index contributed by atoms with van der Waals surface area (Å²) in [5.41, 5.74) is 0.261. The van der Waals surface area contributed by atoms with Crippen LogP contribution in [0.1, 0.15) is 26.7 Å². The van der Waals surface area contributed by atoms with Crippen molar-refractivity contribution in [2.45, 2.75) is 32.7 Å². The molecule has 0 aliphatic heterocycles. The van der Waals surface area contributed by atoms with Gasteiger partial charge in [-0.05, 0) is 37.6 Å². The number of carbonyl (C=O) groups excluding carboxylic acids is 1. The second kappa shape index (κ2) is 7.40. The number of sulfonamides is 1. The Morgan fingerprint density at radius 2 is 1.90 bits per heavy atom. The summed E-state index contributed by atoms with van der Waals surface area (Å²) in [4.78, 5) is 11.9. The van der Waals surface area contributed by atoms with Gasteiger partial charge in [0.05, 0.1) is 11.9 Å². The number of halogens is 1. The summed E-state index contributed by atoms with van der Waals surface area (Å²) in [6, 6.07) is 4.96. The highest BCUT2D eigenvalue weighted by molar-refractivity contribution is 7.92. The van der Waals surface area contributed by atoms with Crippen molar-refractivity contribution in [3.05, 3.63) is 30.1 Å². The van der Waals surface area contributed by atoms with Crippen LogP contribution < -0.4 is 9.62 Å². The predicted octanol–water partition coefficient (Wildman–Crippen LogP) is 1.90. The number of anilines is 1. The Balaban J connectivity index is 2.86. The number of hydrogen-bond donors (Lipinski definition) is 1. The number of nitrogens with one attached hydrogen (secondary N) is 1. The van der Waals surface area contributed by atoms with E-state index in [0.29, 0.717) is 0 Å². The van der Waals surface area contributed by atoms with Crippen LogP contribution in [0.3, 0.4) is 0 Å². The summed E-state index contributed by atoms with van der Waals surface area (Å²) in [7, 11) is -3.62. The summed E-state index contributed by atoms with van der Waals surface area (Å²) >= 11 is 0. The molecule has 1 aromatic carbocycles. The maximum atomic E-state index is 12.9. The van der Waals surface area contributed by atoms with Gasteiger partial charge in [-0.25, -0.2) is 12.8 Å². The maximum absolute atomic E-state index is 12.9. The second-order valence-electron chi connectivity index (χ2n) is 5.00. The van der Waals surface area contributed by atoms with Crippen LogP contribution in [0.4, 0.5) is 10.1 Å². The Morgan fingerprint density at radius 1 is 1.33 bits per heavy atom. The lowest BCUT2D eigenvalue weighted by atomic mass is 10.2. The van der Waals surface area contributed by atoms with Gasteiger partial charge in [-0.2, -0.15) is 0 Å². The number of benzene rings is 1. The van der Waals surface area contributed by atoms with Gasteiger partial charge >= 0.3 is 0 Å². The van der Waals surface area contributed by atoms with Gasteiger partial charge in [-0.15, -0.1) is 0 Å². The molecule has 0 saturated heterocycles. The van der Waals surface area contributed by atoms with Crippen LogP contribution in [0.2, 0.25) is 0 Å². The Bertz CT molecular complexity index is 572. The van der Waals surface area contributed by atoms with Gasteiger partial charge < -0.3 is 5.32 Å². The van der Waals surface area contributed by atoms with Crippen LogP contribution in [0.15, 0.2) is 24.3 Å². The fourth-order valence-corrected chi connectivity index (χ4v) is 2.82. The molecule has 0 aliphatic rings. The van der Waals surface area contributed by atoms with Crippen molar-refractivity contribution in [3.63, 3.8) is 0 Å². The molecule has 1 atom stereocenters. The van der Waals surface area contributed by atoms with Crippen molar-refractivity contribution in [2.24, 2.45) is 0 Å². The van der Waals surface area contributed by atoms with Crippen molar-refractivity contribution in [3.8, 4) is 0 Å². The average molecular weight is 316 g/mol. The molecule has 0 aliphatic carbocycles. The van der Waals surface area contributed by atoms with E-state index in [4.69, 9.17) is 0 Å². The fourth-order valence-electron chi connectivity index (χ4n) is 1.96. The molecule has 1 N–H and O–H groups in total. The molecule has 0 fully saturated rings. The van der Waals surface area contributed by atoms with Gasteiger partial charge in [0.25, 0.3) is 0 Å². The van der Waals surface area contributed by atoms with E-state index in [0.717, 1.165) is 35.5 Å². The maximum Gasteiger partial charge on any atom is 0.240 e. The van der Waals surface area contributed by atoms with E-state index in [9.17, 15) is 17.6 Å². The van der Waals surface area contributed by atoms with Crippen molar-refractivity contribution in [1.29, 1.82) is 0 Å². The summed E-state index contributed by atoms with van der Waals surface area (Å²) in [6.45, 7) is 3.55. The van der Waals surface area contributed by atoms with Crippen molar-refractivity contribution < 1.29 is 17.6 Å². The molecule has 5 nitrogen and oxygen atoms in total. The van der Waals surface area contributed by atoms with Crippen LogP contribution in [0, 0.1) is 5.82 Å². The quantitative estimate of drug-likeness (QED) is 0.835. The summed E-state index contributed by atoms with van der Waals surface area (Å²) in [5.74, 6) is -0.848. The van der Waals surface area contributed by atoms with Crippen LogP contribution in [0.25, 0.3) is 0 Å². The van der Waals surface area contributed by atoms with E-state index in [1.807, 2.05) is 13.8 Å². The van der Waals surface area contributed by atoms with Crippen LogP contribution in [-0.2, 0) is 14.8 Å². The number of hydrogen-bond acceptors (Lipinski definition) is 3. The van der Waals surface area contributed by atoms with Crippen molar-refractivity contribution in [1.82, 2.24) is 5.32 Å². The standard InChI is InChI=1S/C14H21FN2O3S/c1-4-5-11(2)16-14(18)10-17(21(3,19)20)13-8-6-12(15)7-9-13/h6-9,11H,4-5,10H2,1-3H3,(H,16,18)/t11-/m1/s1. The number of amides is 1. The lowest BCUT2D eigenvalue weighted by Crippen LogP contribution is -2.43. The molecule has 0 unspecified atom stereocenters. The van der Waals surface area contributed by atoms with Crippen LogP contribution >= 0.6 is 0 Å². The van der Waals surface area contributed by atoms with Gasteiger partial charge in [0, 0.05) is 6.04 Å². The normalized spacial score (nSPS) is 12.8. The minimum atomic E-state index is -3.62. The second-order valence-corrected chi connectivity index (χ2v) is 6.91. The molecule has 1 aromatic rings. The lowest BCUT2D eigenvalue weighted by Gasteiger charge is -2.23. The Labute approximate surface area is 125 Å². The molecule has 1 rings (SSSR count). The van der Waals surface area contributed by atoms with Gasteiger partial charge in [0.2, 0.25) is 15.9 Å². The molecule has 0 radical (unpaired) electrons. The van der Waals surface area contributed by atoms with E-state index in [1.165, 1.54) is 12.1 Å². The largest absolute Gasteiger partial charge is 0.352 e.